The molecule has 1 saturated heterocycles. The van der Waals surface area contributed by atoms with Gasteiger partial charge < -0.3 is 18.8 Å². The van der Waals surface area contributed by atoms with E-state index in [-0.39, 0.29) is 40.3 Å². The number of aromatic amines is 1. The molecule has 11 rings (SSSR count). The van der Waals surface area contributed by atoms with Crippen LogP contribution in [0, 0.1) is 25.6 Å². The number of amides is 1. The third-order valence-corrected chi connectivity index (χ3v) is 14.2. The molecule has 1 aliphatic carbocycles. The molecule has 5 aromatic heterocycles. The second-order valence-corrected chi connectivity index (χ2v) is 18.9. The number of aromatic nitrogens is 9. The Labute approximate surface area is 372 Å². The Balaban J connectivity index is 1.06. The quantitative estimate of drug-likeness (QED) is 0.170. The molecule has 332 valence electrons. The smallest absolute Gasteiger partial charge is 0.376 e. The van der Waals surface area contributed by atoms with E-state index in [1.54, 1.807) is 37.0 Å². The number of carbonyl (C=O) groups is 1. The largest absolute Gasteiger partial charge is 0.438 e. The molecule has 1 N–H and O–H groups in total. The van der Waals surface area contributed by atoms with E-state index in [0.29, 0.717) is 71.3 Å². The van der Waals surface area contributed by atoms with E-state index in [1.165, 1.54) is 22.7 Å². The Bertz CT molecular complexity index is 3360. The number of ether oxygens (including phenoxy) is 1. The van der Waals surface area contributed by atoms with Crippen molar-refractivity contribution in [1.29, 1.82) is 0 Å². The molecule has 0 bridgehead atoms. The van der Waals surface area contributed by atoms with E-state index in [9.17, 15) is 9.59 Å². The standard InChI is InChI=1S/C49H49FN10O5/c1-26-16-34(17-27(2)42(26)50)60-43(35-23-51-24-58(44(35)61)33-9-11-39-37(20-33)52-25-56(39)7)41-29(4)57(14-12-36(41)54-60)45(62)40-19-32-18-30(31-13-15-64-48(5,6)22-31)8-10-38(32)59(40)49(21-28(49)3)46-53-47(63)65-55-46/h8-11,16-20,23-25,28-29,31H,12-15,21-22H2,1-7H3,(H,53,55,63)/t28-,29-,31-,49-/m0/s1. The number of carbonyl (C=O) groups excluding carboxylic acids is 1. The van der Waals surface area contributed by atoms with Gasteiger partial charge in [-0.3, -0.25) is 23.7 Å². The van der Waals surface area contributed by atoms with Crippen LogP contribution in [0.25, 0.3) is 44.6 Å². The van der Waals surface area contributed by atoms with Gasteiger partial charge in [-0.25, -0.2) is 23.8 Å². The minimum atomic E-state index is -0.835. The van der Waals surface area contributed by atoms with Crippen LogP contribution in [0.15, 0.2) is 87.6 Å². The van der Waals surface area contributed by atoms with Crippen molar-refractivity contribution >= 4 is 27.8 Å². The molecule has 4 atom stereocenters. The second kappa shape index (κ2) is 14.5. The number of halogens is 1. The summed E-state index contributed by atoms with van der Waals surface area (Å²) in [5.74, 6) is -0.531. The number of fused-ring (bicyclic) bond motifs is 3. The Hall–Kier alpha value is -6.94. The molecule has 15 nitrogen and oxygen atoms in total. The van der Waals surface area contributed by atoms with E-state index in [0.717, 1.165) is 40.5 Å². The molecule has 65 heavy (non-hydrogen) atoms. The average molecular weight is 877 g/mol. The van der Waals surface area contributed by atoms with Gasteiger partial charge >= 0.3 is 5.76 Å². The monoisotopic (exact) mass is 876 g/mol. The second-order valence-electron chi connectivity index (χ2n) is 18.9. The van der Waals surface area contributed by atoms with E-state index in [2.05, 4.69) is 63.6 Å². The maximum atomic E-state index is 15.6. The fourth-order valence-electron chi connectivity index (χ4n) is 10.8. The summed E-state index contributed by atoms with van der Waals surface area (Å²) < 4.78 is 33.4. The van der Waals surface area contributed by atoms with Gasteiger partial charge in [-0.05, 0) is 131 Å². The first-order chi connectivity index (χ1) is 31.1. The normalized spacial score (nSPS) is 21.6. The Morgan fingerprint density at radius 1 is 0.954 bits per heavy atom. The molecule has 1 saturated carbocycles. The van der Waals surface area contributed by atoms with E-state index >= 15 is 9.18 Å². The van der Waals surface area contributed by atoms with Gasteiger partial charge in [0.05, 0.1) is 57.3 Å². The highest BCUT2D eigenvalue weighted by atomic mass is 19.1. The van der Waals surface area contributed by atoms with Crippen LogP contribution < -0.4 is 11.3 Å². The lowest BCUT2D eigenvalue weighted by atomic mass is 9.83. The molecule has 0 radical (unpaired) electrons. The lowest BCUT2D eigenvalue weighted by Gasteiger charge is -2.35. The van der Waals surface area contributed by atoms with Crippen LogP contribution in [0.3, 0.4) is 0 Å². The van der Waals surface area contributed by atoms with Crippen molar-refractivity contribution < 1.29 is 18.4 Å². The van der Waals surface area contributed by atoms with Gasteiger partial charge in [0.25, 0.3) is 11.5 Å². The summed E-state index contributed by atoms with van der Waals surface area (Å²) in [5, 5.41) is 10.2. The van der Waals surface area contributed by atoms with Crippen molar-refractivity contribution in [3.05, 3.63) is 140 Å². The molecule has 0 unspecified atom stereocenters. The fourth-order valence-corrected chi connectivity index (χ4v) is 10.8. The van der Waals surface area contributed by atoms with Gasteiger partial charge in [0.1, 0.15) is 23.4 Å². The highest BCUT2D eigenvalue weighted by molar-refractivity contribution is 6.00. The molecule has 3 aliphatic rings. The molecule has 3 aromatic carbocycles. The fraction of sp³-hybridized carbons (Fsp3) is 0.367. The predicted molar refractivity (Wildman–Crippen MR) is 241 cm³/mol. The molecule has 7 heterocycles. The number of benzene rings is 3. The van der Waals surface area contributed by atoms with Gasteiger partial charge in [-0.15, -0.1) is 0 Å². The van der Waals surface area contributed by atoms with Crippen LogP contribution >= 0.6 is 0 Å². The SMILES string of the molecule is Cc1cc(-n2nc3c(c2-c2cncn(-c4ccc5c(c4)ncn5C)c2=O)[C@H](C)N(C(=O)c2cc4cc([C@H]5CCOC(C)(C)C5)ccc4n2[C@@]2(c4noc(=O)[nH]4)C[C@@H]2C)CC3)cc(C)c1F. The van der Waals surface area contributed by atoms with Crippen LogP contribution in [-0.2, 0) is 23.7 Å². The Morgan fingerprint density at radius 3 is 2.45 bits per heavy atom. The van der Waals surface area contributed by atoms with Crippen molar-refractivity contribution in [2.75, 3.05) is 13.2 Å². The third kappa shape index (κ3) is 6.35. The number of H-pyrrole nitrogens is 1. The number of rotatable bonds is 7. The van der Waals surface area contributed by atoms with E-state index < -0.39 is 17.3 Å². The maximum absolute atomic E-state index is 15.6. The van der Waals surface area contributed by atoms with Crippen molar-refractivity contribution in [1.82, 2.24) is 48.5 Å². The predicted octanol–water partition coefficient (Wildman–Crippen LogP) is 7.57. The zero-order chi connectivity index (χ0) is 45.3. The molecule has 2 aliphatic heterocycles. The first kappa shape index (κ1) is 40.8. The first-order valence-corrected chi connectivity index (χ1v) is 22.2. The summed E-state index contributed by atoms with van der Waals surface area (Å²) in [6.07, 6.45) is 7.52. The van der Waals surface area contributed by atoms with Crippen LogP contribution in [-0.4, -0.2) is 73.2 Å². The number of nitrogens with one attached hydrogen (secondary N) is 1. The minimum Gasteiger partial charge on any atom is -0.376 e. The summed E-state index contributed by atoms with van der Waals surface area (Å²) in [4.78, 5) is 56.7. The van der Waals surface area contributed by atoms with Crippen molar-refractivity contribution in [2.45, 2.75) is 90.3 Å². The zero-order valence-corrected chi connectivity index (χ0v) is 37.3. The summed E-state index contributed by atoms with van der Waals surface area (Å²) in [6.45, 7) is 12.7. The molecule has 2 fully saturated rings. The molecular weight excluding hydrogens is 828 g/mol. The van der Waals surface area contributed by atoms with Gasteiger partial charge in [0.15, 0.2) is 5.82 Å². The van der Waals surface area contributed by atoms with Gasteiger partial charge in [0.2, 0.25) is 0 Å². The summed E-state index contributed by atoms with van der Waals surface area (Å²) >= 11 is 0. The minimum absolute atomic E-state index is 0.0188. The highest BCUT2D eigenvalue weighted by Crippen LogP contribution is 2.56. The van der Waals surface area contributed by atoms with Crippen molar-refractivity contribution in [2.24, 2.45) is 13.0 Å². The van der Waals surface area contributed by atoms with E-state index in [1.807, 2.05) is 47.7 Å². The van der Waals surface area contributed by atoms with Gasteiger partial charge in [-0.2, -0.15) is 5.10 Å². The van der Waals surface area contributed by atoms with Crippen LogP contribution in [0.5, 0.6) is 0 Å². The molecule has 0 spiro atoms. The number of imidazole rings is 1. The number of hydrogen-bond acceptors (Lipinski definition) is 9. The third-order valence-electron chi connectivity index (χ3n) is 14.2. The van der Waals surface area contributed by atoms with Crippen LogP contribution in [0.1, 0.15) is 103 Å². The van der Waals surface area contributed by atoms with Crippen LogP contribution in [0.4, 0.5) is 4.39 Å². The number of nitrogens with zero attached hydrogens (tertiary/aromatic N) is 9. The van der Waals surface area contributed by atoms with Crippen molar-refractivity contribution in [3.8, 4) is 22.6 Å². The zero-order valence-electron chi connectivity index (χ0n) is 37.3. The summed E-state index contributed by atoms with van der Waals surface area (Å²) in [6, 6.07) is 16.9. The lowest BCUT2D eigenvalue weighted by Crippen LogP contribution is -2.41. The Kier molecular flexibility index (Phi) is 9.13. The van der Waals surface area contributed by atoms with Crippen molar-refractivity contribution in [3.63, 3.8) is 0 Å². The Morgan fingerprint density at radius 2 is 1.72 bits per heavy atom. The molecule has 16 heteroatoms. The number of hydrogen-bond donors (Lipinski definition) is 1. The first-order valence-electron chi connectivity index (χ1n) is 22.2. The summed E-state index contributed by atoms with van der Waals surface area (Å²) in [5.41, 5.74) is 6.86. The lowest BCUT2D eigenvalue weighted by molar-refractivity contribution is -0.0592. The summed E-state index contributed by atoms with van der Waals surface area (Å²) in [7, 11) is 1.91. The molecule has 8 aromatic rings. The molecular formula is C49H49FN10O5. The van der Waals surface area contributed by atoms with Crippen LogP contribution in [0.2, 0.25) is 0 Å². The van der Waals surface area contributed by atoms with E-state index in [4.69, 9.17) is 14.4 Å². The number of aryl methyl sites for hydroxylation is 3. The molecule has 1 amide bonds. The average Bonchev–Trinajstić information content (AvgIpc) is 3.77. The topological polar surface area (TPSA) is 164 Å². The highest BCUT2D eigenvalue weighted by Gasteiger charge is 2.59. The maximum Gasteiger partial charge on any atom is 0.438 e. The van der Waals surface area contributed by atoms with Gasteiger partial charge in [0, 0.05) is 49.3 Å². The van der Waals surface area contributed by atoms with Gasteiger partial charge in [-0.1, -0.05) is 18.1 Å².